The highest BCUT2D eigenvalue weighted by Gasteiger charge is 2.61. The molecule has 2 aliphatic rings. The zero-order chi connectivity index (χ0) is 16.7. The molecule has 0 spiro atoms. The number of carbonyl (C=O) groups is 1. The van der Waals surface area contributed by atoms with Crippen molar-refractivity contribution in [1.29, 1.82) is 0 Å². The Balaban J connectivity index is 1.80. The van der Waals surface area contributed by atoms with Crippen molar-refractivity contribution < 1.29 is 13.2 Å². The van der Waals surface area contributed by atoms with Crippen LogP contribution in [0, 0.1) is 5.92 Å². The van der Waals surface area contributed by atoms with Crippen LogP contribution >= 0.6 is 11.6 Å². The van der Waals surface area contributed by atoms with Crippen molar-refractivity contribution in [2.24, 2.45) is 5.92 Å². The van der Waals surface area contributed by atoms with E-state index in [1.807, 2.05) is 0 Å². The molecule has 1 N–H and O–H groups in total. The number of rotatable bonds is 4. The van der Waals surface area contributed by atoms with Crippen LogP contribution in [0.5, 0.6) is 0 Å². The highest BCUT2D eigenvalue weighted by molar-refractivity contribution is 7.94. The van der Waals surface area contributed by atoms with E-state index in [4.69, 9.17) is 11.6 Å². The van der Waals surface area contributed by atoms with E-state index < -0.39 is 14.6 Å². The molecule has 2 saturated carbocycles. The first-order valence-electron chi connectivity index (χ1n) is 8.18. The molecule has 6 heteroatoms. The summed E-state index contributed by atoms with van der Waals surface area (Å²) in [5, 5.41) is 3.50. The molecule has 0 aliphatic heterocycles. The lowest BCUT2D eigenvalue weighted by molar-refractivity contribution is -0.122. The molecule has 1 aromatic rings. The summed E-state index contributed by atoms with van der Waals surface area (Å²) >= 11 is 5.82. The van der Waals surface area contributed by atoms with E-state index >= 15 is 0 Å². The van der Waals surface area contributed by atoms with Crippen LogP contribution in [0.15, 0.2) is 29.2 Å². The van der Waals surface area contributed by atoms with Gasteiger partial charge in [0.15, 0.2) is 14.6 Å². The number of carbonyl (C=O) groups excluding carboxylic acids is 1. The van der Waals surface area contributed by atoms with Crippen LogP contribution in [0.2, 0.25) is 5.02 Å². The first-order chi connectivity index (χ1) is 10.9. The van der Waals surface area contributed by atoms with E-state index in [0.717, 1.165) is 19.3 Å². The van der Waals surface area contributed by atoms with Crippen molar-refractivity contribution in [3.05, 3.63) is 29.3 Å². The SMILES string of the molecule is CC1CCCCC1NC(=O)C1(S(=O)(=O)c2ccc(Cl)cc2)CC1. The lowest BCUT2D eigenvalue weighted by atomic mass is 9.86. The Morgan fingerprint density at radius 2 is 1.78 bits per heavy atom. The van der Waals surface area contributed by atoms with Gasteiger partial charge in [0.1, 0.15) is 0 Å². The second-order valence-electron chi connectivity index (χ2n) is 6.79. The lowest BCUT2D eigenvalue weighted by Crippen LogP contribution is -2.49. The molecule has 0 heterocycles. The van der Waals surface area contributed by atoms with E-state index in [1.165, 1.54) is 18.6 Å². The van der Waals surface area contributed by atoms with E-state index in [0.29, 0.717) is 23.8 Å². The summed E-state index contributed by atoms with van der Waals surface area (Å²) in [6, 6.07) is 6.15. The molecule has 3 rings (SSSR count). The van der Waals surface area contributed by atoms with Gasteiger partial charge in [-0.15, -0.1) is 0 Å². The van der Waals surface area contributed by atoms with Gasteiger partial charge in [-0.05, 0) is 55.9 Å². The topological polar surface area (TPSA) is 63.2 Å². The van der Waals surface area contributed by atoms with Crippen LogP contribution in [0.1, 0.15) is 45.4 Å². The number of halogens is 1. The Bertz CT molecular complexity index is 695. The van der Waals surface area contributed by atoms with Gasteiger partial charge < -0.3 is 5.32 Å². The molecule has 0 aromatic heterocycles. The van der Waals surface area contributed by atoms with Crippen LogP contribution in [0.4, 0.5) is 0 Å². The summed E-state index contributed by atoms with van der Waals surface area (Å²) in [6.45, 7) is 2.12. The molecular formula is C17H22ClNO3S. The van der Waals surface area contributed by atoms with Crippen molar-refractivity contribution in [1.82, 2.24) is 5.32 Å². The van der Waals surface area contributed by atoms with E-state index in [1.54, 1.807) is 12.1 Å². The molecule has 1 aromatic carbocycles. The molecule has 23 heavy (non-hydrogen) atoms. The normalized spacial score (nSPS) is 26.5. The fourth-order valence-corrected chi connectivity index (χ4v) is 5.42. The highest BCUT2D eigenvalue weighted by atomic mass is 35.5. The zero-order valence-corrected chi connectivity index (χ0v) is 14.8. The zero-order valence-electron chi connectivity index (χ0n) is 13.2. The summed E-state index contributed by atoms with van der Waals surface area (Å²) in [7, 11) is -3.68. The average Bonchev–Trinajstić information content (AvgIpc) is 3.32. The maximum atomic E-state index is 12.9. The molecule has 0 radical (unpaired) electrons. The fourth-order valence-electron chi connectivity index (χ4n) is 3.40. The molecule has 2 aliphatic carbocycles. The van der Waals surface area contributed by atoms with Gasteiger partial charge in [-0.1, -0.05) is 31.4 Å². The number of hydrogen-bond acceptors (Lipinski definition) is 3. The molecule has 2 fully saturated rings. The van der Waals surface area contributed by atoms with E-state index in [-0.39, 0.29) is 16.8 Å². The predicted octanol–water partition coefficient (Wildman–Crippen LogP) is 3.34. The minimum atomic E-state index is -3.68. The maximum Gasteiger partial charge on any atom is 0.242 e. The third-order valence-electron chi connectivity index (χ3n) is 5.18. The summed E-state index contributed by atoms with van der Waals surface area (Å²) in [5.74, 6) is 0.0768. The fraction of sp³-hybridized carbons (Fsp3) is 0.588. The smallest absolute Gasteiger partial charge is 0.242 e. The third-order valence-corrected chi connectivity index (χ3v) is 7.95. The second kappa shape index (κ2) is 6.10. The highest BCUT2D eigenvalue weighted by Crippen LogP contribution is 2.47. The van der Waals surface area contributed by atoms with Gasteiger partial charge in [0.2, 0.25) is 5.91 Å². The summed E-state index contributed by atoms with van der Waals surface area (Å²) in [6.07, 6.45) is 5.08. The van der Waals surface area contributed by atoms with Crippen molar-refractivity contribution >= 4 is 27.3 Å². The average molecular weight is 356 g/mol. The van der Waals surface area contributed by atoms with Gasteiger partial charge >= 0.3 is 0 Å². The number of nitrogens with one attached hydrogen (secondary N) is 1. The van der Waals surface area contributed by atoms with Crippen LogP contribution in [0.3, 0.4) is 0 Å². The van der Waals surface area contributed by atoms with Crippen LogP contribution in [0.25, 0.3) is 0 Å². The van der Waals surface area contributed by atoms with Gasteiger partial charge in [0.05, 0.1) is 4.90 Å². The Kier molecular flexibility index (Phi) is 4.45. The van der Waals surface area contributed by atoms with Crippen molar-refractivity contribution in [3.63, 3.8) is 0 Å². The lowest BCUT2D eigenvalue weighted by Gasteiger charge is -2.31. The predicted molar refractivity (Wildman–Crippen MR) is 90.2 cm³/mol. The van der Waals surface area contributed by atoms with Gasteiger partial charge in [0, 0.05) is 11.1 Å². The molecule has 0 saturated heterocycles. The number of amides is 1. The second-order valence-corrected chi connectivity index (χ2v) is 9.49. The van der Waals surface area contributed by atoms with Crippen LogP contribution in [-0.4, -0.2) is 25.1 Å². The van der Waals surface area contributed by atoms with E-state index in [2.05, 4.69) is 12.2 Å². The first-order valence-corrected chi connectivity index (χ1v) is 10.0. The minimum absolute atomic E-state index is 0.0918. The standard InChI is InChI=1S/C17H22ClNO3S/c1-12-4-2-3-5-15(12)19-16(20)17(10-11-17)23(21,22)14-8-6-13(18)7-9-14/h6-9,12,15H,2-5,10-11H2,1H3,(H,19,20). The third kappa shape index (κ3) is 3.01. The van der Waals surface area contributed by atoms with Gasteiger partial charge in [-0.3, -0.25) is 4.79 Å². The van der Waals surface area contributed by atoms with Crippen molar-refractivity contribution in [2.45, 2.75) is 61.1 Å². The summed E-state index contributed by atoms with van der Waals surface area (Å²) in [4.78, 5) is 12.9. The Hall–Kier alpha value is -1.07. The molecule has 4 nitrogen and oxygen atoms in total. The van der Waals surface area contributed by atoms with E-state index in [9.17, 15) is 13.2 Å². The van der Waals surface area contributed by atoms with Crippen LogP contribution < -0.4 is 5.32 Å². The molecule has 126 valence electrons. The summed E-state index contributed by atoms with van der Waals surface area (Å²) < 4.78 is 24.5. The van der Waals surface area contributed by atoms with Gasteiger partial charge in [0.25, 0.3) is 0 Å². The van der Waals surface area contributed by atoms with Crippen LogP contribution in [-0.2, 0) is 14.6 Å². The minimum Gasteiger partial charge on any atom is -0.352 e. The molecule has 0 bridgehead atoms. The Morgan fingerprint density at radius 3 is 2.35 bits per heavy atom. The number of hydrogen-bond donors (Lipinski definition) is 1. The first kappa shape index (κ1) is 16.8. The number of sulfone groups is 1. The molecule has 1 amide bonds. The summed E-state index contributed by atoms with van der Waals surface area (Å²) in [5.41, 5.74) is 0. The largest absolute Gasteiger partial charge is 0.352 e. The quantitative estimate of drug-likeness (QED) is 0.900. The monoisotopic (exact) mass is 355 g/mol. The van der Waals surface area contributed by atoms with Gasteiger partial charge in [-0.2, -0.15) is 0 Å². The van der Waals surface area contributed by atoms with Crippen molar-refractivity contribution in [2.75, 3.05) is 0 Å². The number of benzene rings is 1. The molecular weight excluding hydrogens is 334 g/mol. The Morgan fingerprint density at radius 1 is 1.17 bits per heavy atom. The molecule has 2 atom stereocenters. The van der Waals surface area contributed by atoms with Crippen molar-refractivity contribution in [3.8, 4) is 0 Å². The maximum absolute atomic E-state index is 12.9. The Labute approximate surface area is 142 Å². The van der Waals surface area contributed by atoms with Gasteiger partial charge in [-0.25, -0.2) is 8.42 Å². The molecule has 2 unspecified atom stereocenters.